The average molecular weight is 715 g/mol. The molecule has 272 valence electrons. The smallest absolute Gasteiger partial charge is 0.609 e. The van der Waals surface area contributed by atoms with Crippen molar-refractivity contribution < 1.29 is 88.1 Å². The van der Waals surface area contributed by atoms with Crippen molar-refractivity contribution in [3.8, 4) is 23.0 Å². The molecule has 2 fully saturated rings. The molecule has 1 spiro atoms. The molecule has 2 aromatic rings. The second kappa shape index (κ2) is 13.2. The lowest BCUT2D eigenvalue weighted by Crippen LogP contribution is -2.57. The van der Waals surface area contributed by atoms with Crippen LogP contribution < -0.4 is 18.6 Å². The summed E-state index contributed by atoms with van der Waals surface area (Å²) in [5.41, 5.74) is -3.92. The van der Waals surface area contributed by atoms with Crippen LogP contribution in [-0.4, -0.2) is 120 Å². The topological polar surface area (TPSA) is 285 Å². The minimum Gasteiger partial charge on any atom is -0.609 e. The number of carboxylic acid groups (broad SMARTS) is 2. The lowest BCUT2D eigenvalue weighted by molar-refractivity contribution is -0.196. The minimum atomic E-state index is -2.85. The normalized spacial score (nSPS) is 33.8. The summed E-state index contributed by atoms with van der Waals surface area (Å²) in [6, 6.07) is 9.13. The van der Waals surface area contributed by atoms with Crippen molar-refractivity contribution in [1.29, 1.82) is 0 Å². The maximum Gasteiger partial charge on any atom is 0.777 e. The third-order valence-electron chi connectivity index (χ3n) is 8.90. The Bertz CT molecular complexity index is 1680. The van der Waals surface area contributed by atoms with Gasteiger partial charge in [0.1, 0.15) is 47.4 Å². The van der Waals surface area contributed by atoms with Gasteiger partial charge in [0.2, 0.25) is 0 Å². The van der Waals surface area contributed by atoms with Crippen LogP contribution >= 0.6 is 0 Å². The van der Waals surface area contributed by atoms with Gasteiger partial charge in [-0.25, -0.2) is 19.2 Å². The number of carbonyl (C=O) groups excluding carboxylic acids is 2. The Balaban J connectivity index is 1.05. The van der Waals surface area contributed by atoms with Crippen molar-refractivity contribution in [3.05, 3.63) is 59.7 Å². The predicted octanol–water partition coefficient (Wildman–Crippen LogP) is -1.12. The number of fused-ring (bicyclic) bond motifs is 2. The molecule has 0 radical (unpaired) electrons. The molecule has 2 aliphatic heterocycles. The van der Waals surface area contributed by atoms with Crippen LogP contribution in [0.4, 0.5) is 0 Å². The van der Waals surface area contributed by atoms with Crippen LogP contribution in [-0.2, 0) is 28.7 Å². The summed E-state index contributed by atoms with van der Waals surface area (Å²) in [4.78, 5) is 47.7. The Morgan fingerprint density at radius 3 is 1.37 bits per heavy atom. The quantitative estimate of drug-likeness (QED) is 0.0912. The van der Waals surface area contributed by atoms with Crippen LogP contribution in [0.2, 0.25) is 0 Å². The number of benzene rings is 2. The van der Waals surface area contributed by atoms with E-state index < -0.39 is 104 Å². The molecule has 8 N–H and O–H groups in total. The van der Waals surface area contributed by atoms with E-state index in [1.54, 1.807) is 12.1 Å². The van der Waals surface area contributed by atoms with Gasteiger partial charge < -0.3 is 68.9 Å². The summed E-state index contributed by atoms with van der Waals surface area (Å²) in [6.45, 7) is -2.85. The van der Waals surface area contributed by atoms with Gasteiger partial charge in [-0.15, -0.1) is 0 Å². The molecule has 0 aromatic heterocycles. The molecule has 4 aliphatic rings. The minimum absolute atomic E-state index is 0.184. The number of carbonyl (C=O) groups is 4. The molecule has 19 heteroatoms. The highest BCUT2D eigenvalue weighted by molar-refractivity contribution is 6.59. The molecule has 2 saturated carbocycles. The van der Waals surface area contributed by atoms with E-state index in [2.05, 4.69) is 0 Å². The fraction of sp³-hybridized carbons (Fsp3) is 0.375. The SMILES string of the molecule is O=C(/C=C/c1ccc2c(c1)O[B-]1(O2)Oc2ccc(/C=C/C(=O)O[C@@H]3C[C@](O)(C(=O)O)C[C@@H](O)[C@H]3O)cc2O1)O[C@H]1C[C@@](O)(C(=O)O)C[C@H](O)[C@@H]1O. The summed E-state index contributed by atoms with van der Waals surface area (Å²) in [5, 5.41) is 79.2. The van der Waals surface area contributed by atoms with Crippen LogP contribution in [0.1, 0.15) is 36.8 Å². The van der Waals surface area contributed by atoms with Gasteiger partial charge in [0.15, 0.2) is 11.2 Å². The highest BCUT2D eigenvalue weighted by Crippen LogP contribution is 2.46. The van der Waals surface area contributed by atoms with Crippen molar-refractivity contribution in [1.82, 2.24) is 0 Å². The number of hydrogen-bond acceptors (Lipinski definition) is 16. The van der Waals surface area contributed by atoms with Gasteiger partial charge in [-0.2, -0.15) is 0 Å². The number of ether oxygens (including phenoxy) is 2. The Kier molecular flexibility index (Phi) is 9.21. The molecular formula is C32H32BO18-. The summed E-state index contributed by atoms with van der Waals surface area (Å²) < 4.78 is 33.6. The molecule has 18 nitrogen and oxygen atoms in total. The third-order valence-corrected chi connectivity index (χ3v) is 8.90. The van der Waals surface area contributed by atoms with Crippen LogP contribution in [0, 0.1) is 0 Å². The number of aliphatic hydroxyl groups is 6. The molecule has 0 bridgehead atoms. The van der Waals surface area contributed by atoms with Crippen LogP contribution in [0.3, 0.4) is 0 Å². The van der Waals surface area contributed by atoms with Crippen LogP contribution in [0.25, 0.3) is 12.2 Å². The molecule has 1 unspecified atom stereocenters. The van der Waals surface area contributed by atoms with Crippen LogP contribution in [0.15, 0.2) is 48.6 Å². The molecule has 6 rings (SSSR count). The van der Waals surface area contributed by atoms with Gasteiger partial charge in [0.05, 0.1) is 12.2 Å². The van der Waals surface area contributed by atoms with E-state index in [1.165, 1.54) is 36.4 Å². The van der Waals surface area contributed by atoms with Crippen molar-refractivity contribution in [3.63, 3.8) is 0 Å². The first-order valence-corrected chi connectivity index (χ1v) is 15.6. The molecule has 0 saturated heterocycles. The molecule has 0 amide bonds. The van der Waals surface area contributed by atoms with Gasteiger partial charge in [-0.1, -0.05) is 12.1 Å². The van der Waals surface area contributed by atoms with E-state index >= 15 is 0 Å². The van der Waals surface area contributed by atoms with E-state index in [1.807, 2.05) is 0 Å². The van der Waals surface area contributed by atoms with Crippen LogP contribution in [0.5, 0.6) is 23.0 Å². The molecule has 2 aromatic carbocycles. The van der Waals surface area contributed by atoms with E-state index in [-0.39, 0.29) is 23.0 Å². The second-order valence-electron chi connectivity index (χ2n) is 12.7. The maximum atomic E-state index is 12.5. The van der Waals surface area contributed by atoms with Crippen molar-refractivity contribution in [2.75, 3.05) is 0 Å². The largest absolute Gasteiger partial charge is 0.777 e. The van der Waals surface area contributed by atoms with E-state index in [4.69, 9.17) is 28.1 Å². The standard InChI is InChI=1S/C32H32BO18/c34-17-11-31(44,29(40)41)13-23(27(17)38)46-25(36)7-3-15-1-5-19-21(9-15)50-33(48-19)49-20-6-2-16(10-22(20)51-33)4-8-26(37)47-24-14-32(45,30(42)43)12-18(35)28(24)39/h1-10,17-18,23-24,27-28,34-35,38-39,44-45H,11-14H2,(H,40,41)(H,42,43)/q-1/b7-3+,8-4+/t17-,18+,23-,24+,27-,28+,31+,32-,33?. The van der Waals surface area contributed by atoms with Gasteiger partial charge in [0, 0.05) is 37.8 Å². The second-order valence-corrected chi connectivity index (χ2v) is 12.7. The Labute approximate surface area is 287 Å². The fourth-order valence-electron chi connectivity index (χ4n) is 6.18. The van der Waals surface area contributed by atoms with E-state index in [0.717, 1.165) is 12.2 Å². The first-order chi connectivity index (χ1) is 24.0. The molecule has 2 heterocycles. The predicted molar refractivity (Wildman–Crippen MR) is 167 cm³/mol. The van der Waals surface area contributed by atoms with Gasteiger partial charge >= 0.3 is 30.8 Å². The number of rotatable bonds is 8. The fourth-order valence-corrected chi connectivity index (χ4v) is 6.18. The van der Waals surface area contributed by atoms with Gasteiger partial charge in [-0.05, 0) is 47.5 Å². The number of hydrogen-bond donors (Lipinski definition) is 8. The Morgan fingerprint density at radius 2 is 1.00 bits per heavy atom. The van der Waals surface area contributed by atoms with Crippen molar-refractivity contribution in [2.24, 2.45) is 0 Å². The highest BCUT2D eigenvalue weighted by Gasteiger charge is 2.53. The Morgan fingerprint density at radius 1 is 0.627 bits per heavy atom. The average Bonchev–Trinajstić information content (AvgIpc) is 3.60. The number of aliphatic carboxylic acids is 2. The first kappa shape index (κ1) is 35.6. The number of carboxylic acids is 2. The Hall–Kier alpha value is -5.18. The lowest BCUT2D eigenvalue weighted by Gasteiger charge is -2.39. The summed E-state index contributed by atoms with van der Waals surface area (Å²) in [6.07, 6.45) is -7.30. The van der Waals surface area contributed by atoms with Gasteiger partial charge in [0.25, 0.3) is 0 Å². The number of esters is 2. The first-order valence-electron chi connectivity index (χ1n) is 15.6. The van der Waals surface area contributed by atoms with Gasteiger partial charge in [-0.3, -0.25) is 0 Å². The molecule has 2 aliphatic carbocycles. The molecule has 51 heavy (non-hydrogen) atoms. The van der Waals surface area contributed by atoms with E-state index in [9.17, 15) is 60.0 Å². The highest BCUT2D eigenvalue weighted by atomic mass is 16.9. The lowest BCUT2D eigenvalue weighted by atomic mass is 9.79. The third kappa shape index (κ3) is 7.20. The molecule has 9 atom stereocenters. The number of aliphatic hydroxyl groups excluding tert-OH is 4. The zero-order valence-electron chi connectivity index (χ0n) is 26.3. The summed E-state index contributed by atoms with van der Waals surface area (Å²) in [5.74, 6) is -4.37. The maximum absolute atomic E-state index is 12.5. The van der Waals surface area contributed by atoms with E-state index in [0.29, 0.717) is 11.1 Å². The van der Waals surface area contributed by atoms with Crippen molar-refractivity contribution in [2.45, 2.75) is 73.5 Å². The summed E-state index contributed by atoms with van der Waals surface area (Å²) in [7, 11) is 0. The molecular weight excluding hydrogens is 683 g/mol. The zero-order valence-corrected chi connectivity index (χ0v) is 26.3. The zero-order chi connectivity index (χ0) is 36.9. The monoisotopic (exact) mass is 715 g/mol. The van der Waals surface area contributed by atoms with Crippen molar-refractivity contribution >= 4 is 43.0 Å². The summed E-state index contributed by atoms with van der Waals surface area (Å²) >= 11 is 0.